The second-order valence-electron chi connectivity index (χ2n) is 4.04. The SMILES string of the molecule is CC(C)C(CN)N(C)Cc1ccco1. The minimum atomic E-state index is 0.417. The number of nitrogens with two attached hydrogens (primary N) is 1. The Bertz CT molecular complexity index is 244. The smallest absolute Gasteiger partial charge is 0.117 e. The zero-order valence-corrected chi connectivity index (χ0v) is 9.23. The van der Waals surface area contributed by atoms with Gasteiger partial charge in [0.25, 0.3) is 0 Å². The molecule has 0 aliphatic heterocycles. The minimum Gasteiger partial charge on any atom is -0.468 e. The van der Waals surface area contributed by atoms with E-state index in [0.29, 0.717) is 18.5 Å². The molecule has 0 bridgehead atoms. The molecule has 0 radical (unpaired) electrons. The Hall–Kier alpha value is -0.800. The molecular weight excluding hydrogens is 176 g/mol. The van der Waals surface area contributed by atoms with Crippen molar-refractivity contribution in [3.8, 4) is 0 Å². The van der Waals surface area contributed by atoms with E-state index in [4.69, 9.17) is 10.2 Å². The summed E-state index contributed by atoms with van der Waals surface area (Å²) < 4.78 is 5.30. The van der Waals surface area contributed by atoms with Crippen LogP contribution in [0.4, 0.5) is 0 Å². The molecule has 3 heteroatoms. The first-order valence-corrected chi connectivity index (χ1v) is 5.07. The van der Waals surface area contributed by atoms with Gasteiger partial charge in [-0.05, 0) is 25.1 Å². The summed E-state index contributed by atoms with van der Waals surface area (Å²) in [5, 5.41) is 0. The number of hydrogen-bond donors (Lipinski definition) is 1. The van der Waals surface area contributed by atoms with Crippen LogP contribution >= 0.6 is 0 Å². The monoisotopic (exact) mass is 196 g/mol. The number of nitrogens with zero attached hydrogens (tertiary/aromatic N) is 1. The van der Waals surface area contributed by atoms with E-state index in [1.165, 1.54) is 0 Å². The highest BCUT2D eigenvalue weighted by atomic mass is 16.3. The van der Waals surface area contributed by atoms with E-state index in [0.717, 1.165) is 12.3 Å². The second-order valence-corrected chi connectivity index (χ2v) is 4.04. The molecule has 0 fully saturated rings. The zero-order valence-electron chi connectivity index (χ0n) is 9.23. The normalized spacial score (nSPS) is 13.9. The third-order valence-electron chi connectivity index (χ3n) is 2.56. The summed E-state index contributed by atoms with van der Waals surface area (Å²) in [5.41, 5.74) is 5.73. The molecule has 3 nitrogen and oxygen atoms in total. The summed E-state index contributed by atoms with van der Waals surface area (Å²) >= 11 is 0. The number of hydrogen-bond acceptors (Lipinski definition) is 3. The average molecular weight is 196 g/mol. The minimum absolute atomic E-state index is 0.417. The van der Waals surface area contributed by atoms with Crippen LogP contribution in [0.15, 0.2) is 22.8 Å². The van der Waals surface area contributed by atoms with Gasteiger partial charge in [-0.15, -0.1) is 0 Å². The lowest BCUT2D eigenvalue weighted by Crippen LogP contribution is -2.41. The maximum atomic E-state index is 5.73. The molecule has 1 aromatic rings. The maximum Gasteiger partial charge on any atom is 0.117 e. The van der Waals surface area contributed by atoms with Crippen LogP contribution in [-0.4, -0.2) is 24.5 Å². The predicted octanol–water partition coefficient (Wildman–Crippen LogP) is 1.69. The first kappa shape index (κ1) is 11.3. The topological polar surface area (TPSA) is 42.4 Å². The predicted molar refractivity (Wildman–Crippen MR) is 57.9 cm³/mol. The summed E-state index contributed by atoms with van der Waals surface area (Å²) in [6.07, 6.45) is 1.70. The molecule has 0 spiro atoms. The van der Waals surface area contributed by atoms with E-state index >= 15 is 0 Å². The quantitative estimate of drug-likeness (QED) is 0.779. The van der Waals surface area contributed by atoms with Crippen LogP contribution < -0.4 is 5.73 Å². The highest BCUT2D eigenvalue weighted by Crippen LogP contribution is 2.12. The molecule has 1 unspecified atom stereocenters. The molecule has 0 saturated heterocycles. The van der Waals surface area contributed by atoms with Crippen molar-refractivity contribution in [2.45, 2.75) is 26.4 Å². The Morgan fingerprint density at radius 2 is 2.21 bits per heavy atom. The highest BCUT2D eigenvalue weighted by Gasteiger charge is 2.17. The first-order chi connectivity index (χ1) is 6.65. The molecule has 0 aliphatic rings. The van der Waals surface area contributed by atoms with Crippen LogP contribution in [0.5, 0.6) is 0 Å². The van der Waals surface area contributed by atoms with Gasteiger partial charge < -0.3 is 10.2 Å². The molecular formula is C11H20N2O. The van der Waals surface area contributed by atoms with Crippen molar-refractivity contribution in [1.82, 2.24) is 4.90 Å². The van der Waals surface area contributed by atoms with Gasteiger partial charge in [0.2, 0.25) is 0 Å². The fraction of sp³-hybridized carbons (Fsp3) is 0.636. The Labute approximate surface area is 85.9 Å². The summed E-state index contributed by atoms with van der Waals surface area (Å²) in [7, 11) is 2.08. The molecule has 0 amide bonds. The third kappa shape index (κ3) is 2.86. The molecule has 1 rings (SSSR count). The Balaban J connectivity index is 2.51. The van der Waals surface area contributed by atoms with Crippen LogP contribution in [0.1, 0.15) is 19.6 Å². The van der Waals surface area contributed by atoms with Crippen LogP contribution in [0, 0.1) is 5.92 Å². The molecule has 2 N–H and O–H groups in total. The van der Waals surface area contributed by atoms with E-state index in [1.807, 2.05) is 12.1 Å². The van der Waals surface area contributed by atoms with Gasteiger partial charge in [0, 0.05) is 12.6 Å². The highest BCUT2D eigenvalue weighted by molar-refractivity contribution is 4.98. The molecule has 1 heterocycles. The first-order valence-electron chi connectivity index (χ1n) is 5.07. The lowest BCUT2D eigenvalue weighted by atomic mass is 10.0. The zero-order chi connectivity index (χ0) is 10.6. The number of rotatable bonds is 5. The van der Waals surface area contributed by atoms with E-state index in [2.05, 4.69) is 25.8 Å². The average Bonchev–Trinajstić information content (AvgIpc) is 2.57. The summed E-state index contributed by atoms with van der Waals surface area (Å²) in [4.78, 5) is 2.24. The van der Waals surface area contributed by atoms with Crippen molar-refractivity contribution in [1.29, 1.82) is 0 Å². The molecule has 0 aliphatic carbocycles. The molecule has 14 heavy (non-hydrogen) atoms. The second kappa shape index (κ2) is 5.17. The molecule has 0 aromatic carbocycles. The Morgan fingerprint density at radius 3 is 2.64 bits per heavy atom. The Morgan fingerprint density at radius 1 is 1.50 bits per heavy atom. The van der Waals surface area contributed by atoms with Crippen LogP contribution in [0.3, 0.4) is 0 Å². The van der Waals surface area contributed by atoms with Crippen molar-refractivity contribution >= 4 is 0 Å². The molecule has 0 saturated carbocycles. The summed E-state index contributed by atoms with van der Waals surface area (Å²) in [6, 6.07) is 4.32. The molecule has 1 aromatic heterocycles. The van der Waals surface area contributed by atoms with Crippen molar-refractivity contribution in [3.63, 3.8) is 0 Å². The van der Waals surface area contributed by atoms with Crippen molar-refractivity contribution in [2.24, 2.45) is 11.7 Å². The standard InChI is InChI=1S/C11H20N2O/c1-9(2)11(7-12)13(3)8-10-5-4-6-14-10/h4-6,9,11H,7-8,12H2,1-3H3. The van der Waals surface area contributed by atoms with Gasteiger partial charge in [0.1, 0.15) is 5.76 Å². The lowest BCUT2D eigenvalue weighted by Gasteiger charge is -2.29. The Kier molecular flexibility index (Phi) is 4.17. The molecule has 1 atom stereocenters. The molecule has 80 valence electrons. The number of furan rings is 1. The third-order valence-corrected chi connectivity index (χ3v) is 2.56. The fourth-order valence-corrected chi connectivity index (χ4v) is 1.73. The van der Waals surface area contributed by atoms with Gasteiger partial charge >= 0.3 is 0 Å². The lowest BCUT2D eigenvalue weighted by molar-refractivity contribution is 0.177. The van der Waals surface area contributed by atoms with E-state index in [-0.39, 0.29) is 0 Å². The number of likely N-dealkylation sites (N-methyl/N-ethyl adjacent to an activating group) is 1. The van der Waals surface area contributed by atoms with Gasteiger partial charge in [-0.2, -0.15) is 0 Å². The van der Waals surface area contributed by atoms with E-state index in [9.17, 15) is 0 Å². The van der Waals surface area contributed by atoms with Crippen molar-refractivity contribution in [2.75, 3.05) is 13.6 Å². The van der Waals surface area contributed by atoms with Crippen molar-refractivity contribution < 1.29 is 4.42 Å². The summed E-state index contributed by atoms with van der Waals surface area (Å²) in [6.45, 7) is 5.90. The van der Waals surface area contributed by atoms with E-state index in [1.54, 1.807) is 6.26 Å². The van der Waals surface area contributed by atoms with Gasteiger partial charge in [-0.25, -0.2) is 0 Å². The van der Waals surface area contributed by atoms with Gasteiger partial charge in [0.15, 0.2) is 0 Å². The van der Waals surface area contributed by atoms with Crippen LogP contribution in [0.2, 0.25) is 0 Å². The van der Waals surface area contributed by atoms with Crippen LogP contribution in [0.25, 0.3) is 0 Å². The van der Waals surface area contributed by atoms with Gasteiger partial charge in [-0.3, -0.25) is 4.90 Å². The van der Waals surface area contributed by atoms with Gasteiger partial charge in [-0.1, -0.05) is 13.8 Å². The van der Waals surface area contributed by atoms with Crippen molar-refractivity contribution in [3.05, 3.63) is 24.2 Å². The largest absolute Gasteiger partial charge is 0.468 e. The van der Waals surface area contributed by atoms with Gasteiger partial charge in [0.05, 0.1) is 12.8 Å². The maximum absolute atomic E-state index is 5.73. The van der Waals surface area contributed by atoms with Crippen LogP contribution in [-0.2, 0) is 6.54 Å². The fourth-order valence-electron chi connectivity index (χ4n) is 1.73. The van der Waals surface area contributed by atoms with E-state index < -0.39 is 0 Å². The summed E-state index contributed by atoms with van der Waals surface area (Å²) in [5.74, 6) is 1.56.